The van der Waals surface area contributed by atoms with Crippen LogP contribution >= 0.6 is 11.3 Å². The molecule has 0 spiro atoms. The fraction of sp³-hybridized carbons (Fsp3) is 0.381. The van der Waals surface area contributed by atoms with E-state index in [1.165, 1.54) is 23.9 Å². The first kappa shape index (κ1) is 23.5. The van der Waals surface area contributed by atoms with Crippen molar-refractivity contribution in [2.75, 3.05) is 11.9 Å². The smallest absolute Gasteiger partial charge is 0.333 e. The van der Waals surface area contributed by atoms with Crippen LogP contribution in [0, 0.1) is 12.8 Å². The molecule has 0 amide bonds. The van der Waals surface area contributed by atoms with Crippen molar-refractivity contribution in [1.82, 2.24) is 9.97 Å². The van der Waals surface area contributed by atoms with Crippen LogP contribution in [0.25, 0.3) is 0 Å². The first-order valence-corrected chi connectivity index (χ1v) is 12.6. The van der Waals surface area contributed by atoms with Gasteiger partial charge in [-0.05, 0) is 48.9 Å². The van der Waals surface area contributed by atoms with Crippen molar-refractivity contribution in [3.63, 3.8) is 0 Å². The predicted molar refractivity (Wildman–Crippen MR) is 121 cm³/mol. The molecule has 0 radical (unpaired) electrons. The Morgan fingerprint density at radius 3 is 2.94 bits per heavy atom. The molecule has 176 valence electrons. The average Bonchev–Trinajstić information content (AvgIpc) is 3.47. The topological polar surface area (TPSA) is 158 Å². The average molecular weight is 493 g/mol. The van der Waals surface area contributed by atoms with Gasteiger partial charge in [-0.15, -0.1) is 11.3 Å². The molecule has 1 unspecified atom stereocenters. The van der Waals surface area contributed by atoms with E-state index in [1.807, 2.05) is 30.5 Å². The summed E-state index contributed by atoms with van der Waals surface area (Å²) in [6.07, 6.45) is 3.40. The Labute approximate surface area is 195 Å². The van der Waals surface area contributed by atoms with Crippen LogP contribution in [-0.2, 0) is 20.9 Å². The zero-order valence-corrected chi connectivity index (χ0v) is 19.4. The second-order valence-corrected chi connectivity index (χ2v) is 10.2. The van der Waals surface area contributed by atoms with Gasteiger partial charge in [0.2, 0.25) is 5.78 Å². The van der Waals surface area contributed by atoms with E-state index in [0.29, 0.717) is 35.5 Å². The molecular formula is C21H24N4O6S2. The third-order valence-corrected chi connectivity index (χ3v) is 6.90. The molecule has 3 heterocycles. The molecule has 4 N–H and O–H groups in total. The van der Waals surface area contributed by atoms with Gasteiger partial charge in [-0.2, -0.15) is 8.42 Å². The highest BCUT2D eigenvalue weighted by Crippen LogP contribution is 2.30. The third kappa shape index (κ3) is 6.03. The Hall–Kier alpha value is -2.64. The van der Waals surface area contributed by atoms with Crippen LogP contribution < -0.4 is 10.5 Å². The van der Waals surface area contributed by atoms with E-state index < -0.39 is 22.3 Å². The maximum Gasteiger partial charge on any atom is 0.333 e. The zero-order chi connectivity index (χ0) is 23.6. The number of thiophene rings is 1. The number of hydrogen-bond donors (Lipinski definition) is 3. The van der Waals surface area contributed by atoms with Crippen LogP contribution in [0.2, 0.25) is 0 Å². The number of anilines is 1. The molecule has 33 heavy (non-hydrogen) atoms. The summed E-state index contributed by atoms with van der Waals surface area (Å²) in [5.74, 6) is 1.40. The number of aromatic nitrogens is 2. The van der Waals surface area contributed by atoms with Crippen LogP contribution in [0.15, 0.2) is 40.5 Å². The van der Waals surface area contributed by atoms with Crippen molar-refractivity contribution in [1.29, 1.82) is 0 Å². The minimum Gasteiger partial charge on any atom is -0.466 e. The van der Waals surface area contributed by atoms with Gasteiger partial charge in [0.15, 0.2) is 0 Å². The first-order chi connectivity index (χ1) is 15.7. The first-order valence-electron chi connectivity index (χ1n) is 10.3. The molecule has 1 aliphatic carbocycles. The molecule has 0 aromatic carbocycles. The summed E-state index contributed by atoms with van der Waals surface area (Å²) in [7, 11) is -4.08. The lowest BCUT2D eigenvalue weighted by molar-refractivity contribution is 0.101. The summed E-state index contributed by atoms with van der Waals surface area (Å²) in [5, 5.41) is 20.2. The normalized spacial score (nSPS) is 20.8. The van der Waals surface area contributed by atoms with E-state index in [2.05, 4.69) is 19.5 Å². The molecule has 12 heteroatoms. The van der Waals surface area contributed by atoms with E-state index in [4.69, 9.17) is 9.56 Å². The Morgan fingerprint density at radius 1 is 1.39 bits per heavy atom. The standard InChI is InChI=1S/C21H24N4O6S2/c1-12-2-3-16(31-12)4-13-5-19(32-10-13)20(27)17-8-23-11-24-21(17)25-15-6-14(18(26)7-15)9-30-33(22,28)29/h2-3,5,8,10-11,14-15,18,26H,4,6-7,9H2,1H3,(H2,22,28,29)(H,23,24,25)/t14?,15-,18+/m1/s1. The van der Waals surface area contributed by atoms with Crippen LogP contribution in [0.1, 0.15) is 45.2 Å². The largest absolute Gasteiger partial charge is 0.466 e. The predicted octanol–water partition coefficient (Wildman–Crippen LogP) is 2.03. The highest BCUT2D eigenvalue weighted by Gasteiger charge is 2.34. The highest BCUT2D eigenvalue weighted by molar-refractivity contribution is 7.84. The Bertz CT molecular complexity index is 1240. The molecule has 0 bridgehead atoms. The number of hydrogen-bond acceptors (Lipinski definition) is 10. The van der Waals surface area contributed by atoms with Gasteiger partial charge in [-0.3, -0.25) is 8.98 Å². The minimum atomic E-state index is -4.08. The molecule has 1 aliphatic rings. The van der Waals surface area contributed by atoms with Crippen molar-refractivity contribution in [2.24, 2.45) is 11.1 Å². The van der Waals surface area contributed by atoms with Crippen LogP contribution in [0.5, 0.6) is 0 Å². The fourth-order valence-corrected chi connectivity index (χ4v) is 5.12. The second kappa shape index (κ2) is 9.69. The summed E-state index contributed by atoms with van der Waals surface area (Å²) in [4.78, 5) is 21.9. The Kier molecular flexibility index (Phi) is 6.91. The SMILES string of the molecule is Cc1ccc(Cc2csc(C(=O)c3cncnc3N[C@@H]3CC(COS(N)(=O)=O)[C@@H](O)C3)c2)o1. The number of ketones is 1. The van der Waals surface area contributed by atoms with Gasteiger partial charge in [0.05, 0.1) is 23.2 Å². The lowest BCUT2D eigenvalue weighted by Crippen LogP contribution is -2.24. The van der Waals surface area contributed by atoms with Crippen LogP contribution in [0.3, 0.4) is 0 Å². The van der Waals surface area contributed by atoms with Gasteiger partial charge in [-0.25, -0.2) is 15.1 Å². The van der Waals surface area contributed by atoms with E-state index in [1.54, 1.807) is 0 Å². The Morgan fingerprint density at radius 2 is 2.21 bits per heavy atom. The van der Waals surface area contributed by atoms with Crippen LogP contribution in [0.4, 0.5) is 5.82 Å². The molecule has 0 aliphatic heterocycles. The maximum atomic E-state index is 13.2. The summed E-state index contributed by atoms with van der Waals surface area (Å²) in [6.45, 7) is 1.68. The van der Waals surface area contributed by atoms with E-state index in [0.717, 1.165) is 17.1 Å². The number of aliphatic hydroxyl groups is 1. The second-order valence-electron chi connectivity index (χ2n) is 8.04. The number of nitrogens with two attached hydrogens (primary N) is 1. The van der Waals surface area contributed by atoms with Crippen molar-refractivity contribution in [3.05, 3.63) is 63.6 Å². The number of nitrogens with zero attached hydrogens (tertiary/aromatic N) is 2. The van der Waals surface area contributed by atoms with Crippen LogP contribution in [-0.4, -0.2) is 48.0 Å². The van der Waals surface area contributed by atoms with Gasteiger partial charge in [0, 0.05) is 24.6 Å². The van der Waals surface area contributed by atoms with Crippen molar-refractivity contribution in [2.45, 2.75) is 38.3 Å². The number of rotatable bonds is 9. The van der Waals surface area contributed by atoms with Gasteiger partial charge >= 0.3 is 10.3 Å². The maximum absolute atomic E-state index is 13.2. The summed E-state index contributed by atoms with van der Waals surface area (Å²) in [6, 6.07) is 5.43. The monoisotopic (exact) mass is 492 g/mol. The van der Waals surface area contributed by atoms with E-state index in [-0.39, 0.29) is 18.4 Å². The number of aryl methyl sites for hydroxylation is 1. The van der Waals surface area contributed by atoms with E-state index in [9.17, 15) is 18.3 Å². The fourth-order valence-electron chi connectivity index (χ4n) is 3.89. The van der Waals surface area contributed by atoms with Gasteiger partial charge in [-0.1, -0.05) is 0 Å². The van der Waals surface area contributed by atoms with Crippen molar-refractivity contribution in [3.8, 4) is 0 Å². The zero-order valence-electron chi connectivity index (χ0n) is 17.8. The summed E-state index contributed by atoms with van der Waals surface area (Å²) >= 11 is 1.34. The summed E-state index contributed by atoms with van der Waals surface area (Å²) in [5.41, 5.74) is 1.29. The van der Waals surface area contributed by atoms with Gasteiger partial charge in [0.1, 0.15) is 23.7 Å². The van der Waals surface area contributed by atoms with Crippen molar-refractivity contribution < 1.29 is 26.9 Å². The molecule has 3 aromatic heterocycles. The summed E-state index contributed by atoms with van der Waals surface area (Å²) < 4.78 is 32.3. The lowest BCUT2D eigenvalue weighted by Gasteiger charge is -2.15. The molecule has 4 rings (SSSR count). The minimum absolute atomic E-state index is 0.207. The van der Waals surface area contributed by atoms with Gasteiger partial charge in [0.25, 0.3) is 0 Å². The molecule has 1 saturated carbocycles. The lowest BCUT2D eigenvalue weighted by atomic mass is 10.1. The highest BCUT2D eigenvalue weighted by atomic mass is 32.2. The molecule has 10 nitrogen and oxygen atoms in total. The number of furan rings is 1. The molecule has 1 fully saturated rings. The molecular weight excluding hydrogens is 468 g/mol. The number of aliphatic hydroxyl groups excluding tert-OH is 1. The number of nitrogens with one attached hydrogen (secondary N) is 1. The van der Waals surface area contributed by atoms with Crippen molar-refractivity contribution >= 4 is 33.2 Å². The van der Waals surface area contributed by atoms with E-state index >= 15 is 0 Å². The number of carbonyl (C=O) groups excluding carboxylic acids is 1. The quantitative estimate of drug-likeness (QED) is 0.380. The Balaban J connectivity index is 1.44. The number of carbonyl (C=O) groups is 1. The molecule has 3 aromatic rings. The molecule has 3 atom stereocenters. The van der Waals surface area contributed by atoms with Gasteiger partial charge < -0.3 is 14.8 Å². The molecule has 0 saturated heterocycles. The third-order valence-electron chi connectivity index (χ3n) is 5.45.